The monoisotopic (exact) mass is 446 g/mol. The summed E-state index contributed by atoms with van der Waals surface area (Å²) < 4.78 is 28.3. The fourth-order valence-corrected chi connectivity index (χ4v) is 5.03. The number of para-hydroxylation sites is 2. The average Bonchev–Trinajstić information content (AvgIpc) is 3.16. The van der Waals surface area contributed by atoms with Gasteiger partial charge in [-0.3, -0.25) is 0 Å². The second-order valence-electron chi connectivity index (χ2n) is 7.51. The number of aliphatic carboxylic acids is 1. The van der Waals surface area contributed by atoms with E-state index in [-0.39, 0.29) is 4.90 Å². The van der Waals surface area contributed by atoms with E-state index in [4.69, 9.17) is 5.11 Å². The summed E-state index contributed by atoms with van der Waals surface area (Å²) in [4.78, 5) is 15.5. The SMILES string of the molecule is Cc1ccc(S(=O)(=O)n2c(CCc3ccc(/C=C/C(=O)O)cc3)nc3ccccc32)cc1. The Bertz CT molecular complexity index is 1400. The molecule has 7 heteroatoms. The maximum Gasteiger partial charge on any atom is 0.328 e. The van der Waals surface area contributed by atoms with Gasteiger partial charge in [0.25, 0.3) is 10.0 Å². The number of carboxylic acid groups (broad SMARTS) is 1. The molecular formula is C25H22N2O4S. The topological polar surface area (TPSA) is 89.3 Å². The number of carboxylic acids is 1. The van der Waals surface area contributed by atoms with E-state index in [0.29, 0.717) is 29.7 Å². The number of benzene rings is 3. The lowest BCUT2D eigenvalue weighted by Gasteiger charge is -2.11. The summed E-state index contributed by atoms with van der Waals surface area (Å²) in [5.74, 6) is -0.524. The summed E-state index contributed by atoms with van der Waals surface area (Å²) in [6.07, 6.45) is 3.65. The highest BCUT2D eigenvalue weighted by Gasteiger charge is 2.24. The predicted octanol–water partition coefficient (Wildman–Crippen LogP) is 4.46. The molecule has 0 aliphatic rings. The number of nitrogens with zero attached hydrogens (tertiary/aromatic N) is 2. The van der Waals surface area contributed by atoms with Gasteiger partial charge >= 0.3 is 5.97 Å². The fourth-order valence-electron chi connectivity index (χ4n) is 3.51. The number of hydrogen-bond acceptors (Lipinski definition) is 4. The van der Waals surface area contributed by atoms with Crippen LogP contribution >= 0.6 is 0 Å². The summed E-state index contributed by atoms with van der Waals surface area (Å²) in [5.41, 5.74) is 3.96. The van der Waals surface area contributed by atoms with Gasteiger partial charge < -0.3 is 5.11 Å². The van der Waals surface area contributed by atoms with Gasteiger partial charge in [-0.1, -0.05) is 54.1 Å². The zero-order chi connectivity index (χ0) is 22.7. The Labute approximate surface area is 186 Å². The minimum Gasteiger partial charge on any atom is -0.478 e. The van der Waals surface area contributed by atoms with E-state index in [1.54, 1.807) is 36.4 Å². The third-order valence-corrected chi connectivity index (χ3v) is 6.94. The largest absolute Gasteiger partial charge is 0.478 e. The predicted molar refractivity (Wildman–Crippen MR) is 124 cm³/mol. The quantitative estimate of drug-likeness (QED) is 0.423. The maximum atomic E-state index is 13.5. The van der Waals surface area contributed by atoms with Gasteiger partial charge in [0.15, 0.2) is 0 Å². The molecule has 0 aliphatic heterocycles. The van der Waals surface area contributed by atoms with Crippen LogP contribution in [0.1, 0.15) is 22.5 Å². The lowest BCUT2D eigenvalue weighted by Crippen LogP contribution is -2.16. The number of rotatable bonds is 7. The minimum absolute atomic E-state index is 0.224. The first-order valence-corrected chi connectivity index (χ1v) is 11.6. The van der Waals surface area contributed by atoms with E-state index < -0.39 is 16.0 Å². The lowest BCUT2D eigenvalue weighted by atomic mass is 10.1. The van der Waals surface area contributed by atoms with Crippen LogP contribution in [0.4, 0.5) is 0 Å². The fraction of sp³-hybridized carbons (Fsp3) is 0.120. The van der Waals surface area contributed by atoms with E-state index in [1.807, 2.05) is 43.3 Å². The molecule has 1 heterocycles. The molecule has 0 spiro atoms. The highest BCUT2D eigenvalue weighted by molar-refractivity contribution is 7.90. The number of carbonyl (C=O) groups is 1. The zero-order valence-corrected chi connectivity index (χ0v) is 18.3. The van der Waals surface area contributed by atoms with Gasteiger partial charge in [0.2, 0.25) is 0 Å². The van der Waals surface area contributed by atoms with Gasteiger partial charge in [-0.2, -0.15) is 0 Å². The molecule has 3 aromatic carbocycles. The second kappa shape index (κ2) is 8.80. The highest BCUT2D eigenvalue weighted by Crippen LogP contribution is 2.24. The normalized spacial score (nSPS) is 11.9. The molecule has 32 heavy (non-hydrogen) atoms. The third kappa shape index (κ3) is 4.48. The van der Waals surface area contributed by atoms with Gasteiger partial charge in [0.05, 0.1) is 15.9 Å². The van der Waals surface area contributed by atoms with Crippen molar-refractivity contribution in [2.24, 2.45) is 0 Å². The number of aromatic nitrogens is 2. The number of fused-ring (bicyclic) bond motifs is 1. The van der Waals surface area contributed by atoms with Crippen molar-refractivity contribution in [1.82, 2.24) is 8.96 Å². The Kier molecular flexibility index (Phi) is 5.92. The number of imidazole rings is 1. The van der Waals surface area contributed by atoms with Crippen LogP contribution in [-0.2, 0) is 27.7 Å². The Balaban J connectivity index is 1.66. The summed E-state index contributed by atoms with van der Waals surface area (Å²) in [5, 5.41) is 8.74. The molecule has 1 aromatic heterocycles. The van der Waals surface area contributed by atoms with Crippen LogP contribution < -0.4 is 0 Å². The van der Waals surface area contributed by atoms with E-state index in [2.05, 4.69) is 4.98 Å². The first-order valence-electron chi connectivity index (χ1n) is 10.1. The first kappa shape index (κ1) is 21.5. The van der Waals surface area contributed by atoms with E-state index in [9.17, 15) is 13.2 Å². The lowest BCUT2D eigenvalue weighted by molar-refractivity contribution is -0.131. The third-order valence-electron chi connectivity index (χ3n) is 5.18. The summed E-state index contributed by atoms with van der Waals surface area (Å²) in [6, 6.07) is 21.5. The van der Waals surface area contributed by atoms with Crippen molar-refractivity contribution in [2.75, 3.05) is 0 Å². The number of aryl methyl sites for hydroxylation is 3. The molecule has 0 saturated carbocycles. The smallest absolute Gasteiger partial charge is 0.328 e. The molecule has 4 rings (SSSR count). The van der Waals surface area contributed by atoms with E-state index in [1.165, 1.54) is 10.0 Å². The average molecular weight is 447 g/mol. The maximum absolute atomic E-state index is 13.5. The van der Waals surface area contributed by atoms with Crippen LogP contribution in [0.25, 0.3) is 17.1 Å². The van der Waals surface area contributed by atoms with Crippen LogP contribution in [0.5, 0.6) is 0 Å². The van der Waals surface area contributed by atoms with E-state index >= 15 is 0 Å². The Hall–Kier alpha value is -3.71. The van der Waals surface area contributed by atoms with Crippen molar-refractivity contribution in [2.45, 2.75) is 24.7 Å². The molecular weight excluding hydrogens is 424 g/mol. The van der Waals surface area contributed by atoms with Crippen molar-refractivity contribution in [3.63, 3.8) is 0 Å². The van der Waals surface area contributed by atoms with Gasteiger partial charge in [0, 0.05) is 12.5 Å². The number of hydrogen-bond donors (Lipinski definition) is 1. The summed E-state index contributed by atoms with van der Waals surface area (Å²) >= 11 is 0. The molecule has 162 valence electrons. The highest BCUT2D eigenvalue weighted by atomic mass is 32.2. The van der Waals surface area contributed by atoms with E-state index in [0.717, 1.165) is 22.8 Å². The van der Waals surface area contributed by atoms with Crippen LogP contribution in [0.15, 0.2) is 83.8 Å². The van der Waals surface area contributed by atoms with Crippen molar-refractivity contribution in [1.29, 1.82) is 0 Å². The van der Waals surface area contributed by atoms with Crippen LogP contribution in [-0.4, -0.2) is 28.5 Å². The first-order chi connectivity index (χ1) is 15.3. The van der Waals surface area contributed by atoms with Crippen molar-refractivity contribution >= 4 is 33.1 Å². The molecule has 0 aliphatic carbocycles. The molecule has 0 radical (unpaired) electrons. The summed E-state index contributed by atoms with van der Waals surface area (Å²) in [7, 11) is -3.81. The second-order valence-corrected chi connectivity index (χ2v) is 9.30. The molecule has 0 saturated heterocycles. The molecule has 6 nitrogen and oxygen atoms in total. The van der Waals surface area contributed by atoms with Gasteiger partial charge in [0.1, 0.15) is 5.82 Å². The van der Waals surface area contributed by atoms with Crippen LogP contribution in [0.3, 0.4) is 0 Å². The molecule has 4 aromatic rings. The Morgan fingerprint density at radius 2 is 1.66 bits per heavy atom. The molecule has 0 amide bonds. The molecule has 0 atom stereocenters. The van der Waals surface area contributed by atoms with Crippen molar-refractivity contribution in [3.8, 4) is 0 Å². The van der Waals surface area contributed by atoms with Gasteiger partial charge in [-0.15, -0.1) is 0 Å². The Morgan fingerprint density at radius 3 is 2.34 bits per heavy atom. The standard InChI is InChI=1S/C25H22N2O4S/c1-18-6-14-21(15-7-18)32(30,31)27-23-5-3-2-4-22(23)26-24(27)16-12-19-8-10-20(11-9-19)13-17-25(28)29/h2-11,13-15,17H,12,16H2,1H3,(H,28,29)/b17-13+. The summed E-state index contributed by atoms with van der Waals surface area (Å²) in [6.45, 7) is 1.91. The molecule has 0 unspecified atom stereocenters. The van der Waals surface area contributed by atoms with Gasteiger partial charge in [-0.05, 0) is 54.8 Å². The molecule has 1 N–H and O–H groups in total. The molecule has 0 fully saturated rings. The van der Waals surface area contributed by atoms with Crippen LogP contribution in [0.2, 0.25) is 0 Å². The van der Waals surface area contributed by atoms with Crippen molar-refractivity contribution < 1.29 is 18.3 Å². The zero-order valence-electron chi connectivity index (χ0n) is 17.5. The Morgan fingerprint density at radius 1 is 0.969 bits per heavy atom. The minimum atomic E-state index is -3.81. The van der Waals surface area contributed by atoms with Crippen molar-refractivity contribution in [3.05, 3.63) is 101 Å². The molecule has 0 bridgehead atoms. The van der Waals surface area contributed by atoms with Gasteiger partial charge in [-0.25, -0.2) is 22.2 Å². The van der Waals surface area contributed by atoms with Crippen LogP contribution in [0, 0.1) is 6.92 Å².